The molecule has 0 aromatic heterocycles. The average molecular weight is 258 g/mol. The van der Waals surface area contributed by atoms with E-state index in [1.807, 2.05) is 26.0 Å². The molecule has 0 atom stereocenters. The predicted octanol–water partition coefficient (Wildman–Crippen LogP) is 0.786. The van der Waals surface area contributed by atoms with E-state index < -0.39 is 12.6 Å². The first-order chi connectivity index (χ1) is 6.38. The number of rotatable bonds is 3. The average Bonchev–Trinajstić information content (AvgIpc) is 2.00. The molecule has 78 valence electrons. The Bertz CT molecular complexity index is 328. The predicted molar refractivity (Wildman–Crippen MR) is 55.7 cm³/mol. The molecular formula is C9H11BF3KS. The summed E-state index contributed by atoms with van der Waals surface area (Å²) < 4.78 is 36.0. The largest absolute Gasteiger partial charge is 1.00 e. The molecule has 0 fully saturated rings. The maximum absolute atomic E-state index is 12.0. The van der Waals surface area contributed by atoms with Crippen LogP contribution < -0.4 is 51.4 Å². The Balaban J connectivity index is 0.00000196. The van der Waals surface area contributed by atoms with E-state index >= 15 is 0 Å². The Hall–Kier alpha value is 1.06. The van der Waals surface area contributed by atoms with Gasteiger partial charge in [0.2, 0.25) is 0 Å². The van der Waals surface area contributed by atoms with Gasteiger partial charge >= 0.3 is 58.4 Å². The number of benzene rings is 1. The minimum Gasteiger partial charge on any atom is -0.448 e. The molecule has 0 aliphatic carbocycles. The van der Waals surface area contributed by atoms with Gasteiger partial charge < -0.3 is 12.9 Å². The van der Waals surface area contributed by atoms with Crippen molar-refractivity contribution in [3.8, 4) is 0 Å². The smallest absolute Gasteiger partial charge is 0.448 e. The molecule has 1 rings (SSSR count). The van der Waals surface area contributed by atoms with E-state index in [9.17, 15) is 12.9 Å². The van der Waals surface area contributed by atoms with Crippen LogP contribution in [0.1, 0.15) is 11.1 Å². The number of aryl methyl sites for hydroxylation is 2. The van der Waals surface area contributed by atoms with E-state index in [-0.39, 0.29) is 51.4 Å². The normalized spacial score (nSPS) is 11.0. The van der Waals surface area contributed by atoms with Crippen LogP contribution in [0.25, 0.3) is 0 Å². The molecule has 0 heterocycles. The van der Waals surface area contributed by atoms with Gasteiger partial charge in [0.25, 0.3) is 0 Å². The van der Waals surface area contributed by atoms with Gasteiger partial charge in [-0.15, -0.1) is 0 Å². The topological polar surface area (TPSA) is 0 Å². The summed E-state index contributed by atoms with van der Waals surface area (Å²) in [7, 11) is 0. The van der Waals surface area contributed by atoms with Crippen molar-refractivity contribution in [3.05, 3.63) is 29.3 Å². The van der Waals surface area contributed by atoms with Gasteiger partial charge in [-0.3, -0.25) is 0 Å². The van der Waals surface area contributed by atoms with Gasteiger partial charge in [-0.1, -0.05) is 17.7 Å². The molecule has 0 amide bonds. The molecule has 1 aromatic carbocycles. The van der Waals surface area contributed by atoms with Crippen molar-refractivity contribution >= 4 is 18.7 Å². The molecule has 6 heteroatoms. The van der Waals surface area contributed by atoms with E-state index in [0.29, 0.717) is 0 Å². The molecule has 0 nitrogen and oxygen atoms in total. The Morgan fingerprint density at radius 2 is 1.80 bits per heavy atom. The summed E-state index contributed by atoms with van der Waals surface area (Å²) in [5.74, 6) is 0. The molecule has 0 spiro atoms. The van der Waals surface area contributed by atoms with Crippen LogP contribution in [0.4, 0.5) is 12.9 Å². The van der Waals surface area contributed by atoms with E-state index in [1.54, 1.807) is 6.07 Å². The second kappa shape index (κ2) is 6.71. The molecule has 0 radical (unpaired) electrons. The molecule has 0 saturated carbocycles. The van der Waals surface area contributed by atoms with Crippen molar-refractivity contribution in [3.63, 3.8) is 0 Å². The monoisotopic (exact) mass is 258 g/mol. The third kappa shape index (κ3) is 6.38. The Kier molecular flexibility index (Phi) is 7.19. The zero-order valence-corrected chi connectivity index (χ0v) is 13.0. The molecule has 0 N–H and O–H groups in total. The van der Waals surface area contributed by atoms with Crippen LogP contribution in [-0.4, -0.2) is 12.6 Å². The van der Waals surface area contributed by atoms with Crippen molar-refractivity contribution < 1.29 is 64.3 Å². The fourth-order valence-corrected chi connectivity index (χ4v) is 1.96. The molecule has 15 heavy (non-hydrogen) atoms. The van der Waals surface area contributed by atoms with Crippen LogP contribution in [0.15, 0.2) is 23.1 Å². The van der Waals surface area contributed by atoms with Crippen LogP contribution in [0.3, 0.4) is 0 Å². The number of hydrogen-bond donors (Lipinski definition) is 0. The van der Waals surface area contributed by atoms with Crippen LogP contribution in [0.5, 0.6) is 0 Å². The molecule has 0 aliphatic heterocycles. The van der Waals surface area contributed by atoms with E-state index in [0.717, 1.165) is 27.8 Å². The summed E-state index contributed by atoms with van der Waals surface area (Å²) in [5, 5.41) is 0. The molecule has 0 bridgehead atoms. The van der Waals surface area contributed by atoms with Crippen molar-refractivity contribution in [2.45, 2.75) is 18.7 Å². The van der Waals surface area contributed by atoms with Gasteiger partial charge in [-0.05, 0) is 31.1 Å². The maximum Gasteiger partial charge on any atom is 1.00 e. The van der Waals surface area contributed by atoms with Crippen molar-refractivity contribution in [1.82, 2.24) is 0 Å². The molecular weight excluding hydrogens is 247 g/mol. The Morgan fingerprint density at radius 3 is 2.27 bits per heavy atom. The summed E-state index contributed by atoms with van der Waals surface area (Å²) in [6.45, 7) is -0.931. The standard InChI is InChI=1S/C9H11BF3S.K/c1-7-3-4-9(8(2)5-7)14-6-10(11,12)13;/h3-5H,6H2,1-2H3;/q-1;+1. The fraction of sp³-hybridized carbons (Fsp3) is 0.333. The summed E-state index contributed by atoms with van der Waals surface area (Å²) in [6, 6.07) is 5.47. The zero-order chi connectivity index (χ0) is 10.8. The van der Waals surface area contributed by atoms with E-state index in [4.69, 9.17) is 0 Å². The van der Waals surface area contributed by atoms with Gasteiger partial charge in [0.05, 0.1) is 0 Å². The summed E-state index contributed by atoms with van der Waals surface area (Å²) >= 11 is 0.865. The Morgan fingerprint density at radius 1 is 1.20 bits per heavy atom. The maximum atomic E-state index is 12.0. The molecule has 0 saturated heterocycles. The third-order valence-electron chi connectivity index (χ3n) is 1.76. The van der Waals surface area contributed by atoms with Crippen molar-refractivity contribution in [1.29, 1.82) is 0 Å². The van der Waals surface area contributed by atoms with E-state index in [1.165, 1.54) is 0 Å². The molecule has 0 aliphatic rings. The molecule has 1 aromatic rings. The quantitative estimate of drug-likeness (QED) is 0.570. The summed E-state index contributed by atoms with van der Waals surface area (Å²) in [6.07, 6.45) is 0. The number of thioether (sulfide) groups is 1. The first kappa shape index (κ1) is 16.1. The fourth-order valence-electron chi connectivity index (χ4n) is 1.15. The Labute approximate surface area is 135 Å². The second-order valence-corrected chi connectivity index (χ2v) is 4.35. The first-order valence-corrected chi connectivity index (χ1v) is 5.28. The van der Waals surface area contributed by atoms with Crippen molar-refractivity contribution in [2.75, 3.05) is 5.65 Å². The van der Waals surface area contributed by atoms with Crippen LogP contribution in [0, 0.1) is 13.8 Å². The van der Waals surface area contributed by atoms with Gasteiger partial charge in [0.1, 0.15) is 0 Å². The minimum absolute atomic E-state index is 0. The SMILES string of the molecule is Cc1ccc(SC[B-](F)(F)F)c(C)c1.[K+]. The van der Waals surface area contributed by atoms with Crippen LogP contribution >= 0.6 is 11.8 Å². The summed E-state index contributed by atoms with van der Waals surface area (Å²) in [4.78, 5) is 0.717. The first-order valence-electron chi connectivity index (χ1n) is 4.29. The van der Waals surface area contributed by atoms with Crippen LogP contribution in [-0.2, 0) is 0 Å². The second-order valence-electron chi connectivity index (χ2n) is 3.29. The third-order valence-corrected chi connectivity index (χ3v) is 3.07. The molecule has 0 unspecified atom stereocenters. The minimum atomic E-state index is -4.69. The van der Waals surface area contributed by atoms with Crippen molar-refractivity contribution in [2.24, 2.45) is 0 Å². The van der Waals surface area contributed by atoms with Gasteiger partial charge in [0.15, 0.2) is 0 Å². The van der Waals surface area contributed by atoms with Crippen LogP contribution in [0.2, 0.25) is 0 Å². The van der Waals surface area contributed by atoms with Gasteiger partial charge in [-0.25, -0.2) is 0 Å². The van der Waals surface area contributed by atoms with Gasteiger partial charge in [0, 0.05) is 4.90 Å². The van der Waals surface area contributed by atoms with Gasteiger partial charge in [-0.2, -0.15) is 11.8 Å². The van der Waals surface area contributed by atoms with E-state index in [2.05, 4.69) is 0 Å². The summed E-state index contributed by atoms with van der Waals surface area (Å²) in [5.41, 5.74) is 1.23. The number of hydrogen-bond acceptors (Lipinski definition) is 1. The number of halogens is 3. The zero-order valence-electron chi connectivity index (χ0n) is 9.06.